The first-order valence-electron chi connectivity index (χ1n) is 7.94. The number of carbonyl (C=O) groups excluding carboxylic acids is 1. The first kappa shape index (κ1) is 17.4. The minimum absolute atomic E-state index is 0.0770. The highest BCUT2D eigenvalue weighted by atomic mass is 16.6. The number of nitrogens with zero attached hydrogens (tertiary/aromatic N) is 2. The summed E-state index contributed by atoms with van der Waals surface area (Å²) in [6, 6.07) is 14.4. The van der Waals surface area contributed by atoms with Crippen molar-refractivity contribution < 1.29 is 24.4 Å². The molecule has 0 aliphatic carbocycles. The molecular formula is C18H16N2O6. The Morgan fingerprint density at radius 3 is 2.31 bits per heavy atom. The second kappa shape index (κ2) is 7.22. The van der Waals surface area contributed by atoms with Crippen molar-refractivity contribution in [2.75, 3.05) is 13.1 Å². The number of benzene rings is 2. The number of hydrogen-bond donors (Lipinski definition) is 1. The molecule has 3 rings (SSSR count). The van der Waals surface area contributed by atoms with E-state index in [2.05, 4.69) is 0 Å². The highest BCUT2D eigenvalue weighted by Gasteiger charge is 2.38. The van der Waals surface area contributed by atoms with E-state index in [-0.39, 0.29) is 30.3 Å². The maximum Gasteiger partial charge on any atom is 0.407 e. The van der Waals surface area contributed by atoms with Gasteiger partial charge in [-0.15, -0.1) is 0 Å². The zero-order valence-electron chi connectivity index (χ0n) is 13.6. The molecule has 26 heavy (non-hydrogen) atoms. The number of rotatable bonds is 4. The van der Waals surface area contributed by atoms with Crippen molar-refractivity contribution in [2.24, 2.45) is 0 Å². The second-order valence-corrected chi connectivity index (χ2v) is 5.95. The lowest BCUT2D eigenvalue weighted by Gasteiger charge is -2.19. The van der Waals surface area contributed by atoms with Gasteiger partial charge in [0.05, 0.1) is 17.0 Å². The summed E-state index contributed by atoms with van der Waals surface area (Å²) < 4.78 is 5.53. The number of carboxylic acid groups (broad SMARTS) is 1. The minimum Gasteiger partial charge on any atom is -0.465 e. The fourth-order valence-corrected chi connectivity index (χ4v) is 2.99. The van der Waals surface area contributed by atoms with Crippen LogP contribution in [0.15, 0.2) is 54.6 Å². The zero-order valence-corrected chi connectivity index (χ0v) is 13.6. The van der Waals surface area contributed by atoms with Crippen LogP contribution < -0.4 is 0 Å². The number of non-ortho nitro benzene ring substituents is 1. The van der Waals surface area contributed by atoms with Crippen molar-refractivity contribution in [1.82, 2.24) is 4.90 Å². The average Bonchev–Trinajstić information content (AvgIpc) is 3.06. The number of likely N-dealkylation sites (tertiary alicyclic amines) is 1. The lowest BCUT2D eigenvalue weighted by atomic mass is 9.96. The zero-order chi connectivity index (χ0) is 18.7. The monoisotopic (exact) mass is 356 g/mol. The van der Waals surface area contributed by atoms with Gasteiger partial charge in [0.25, 0.3) is 5.69 Å². The van der Waals surface area contributed by atoms with E-state index in [0.717, 1.165) is 5.56 Å². The second-order valence-electron chi connectivity index (χ2n) is 5.95. The van der Waals surface area contributed by atoms with E-state index >= 15 is 0 Å². The van der Waals surface area contributed by atoms with E-state index in [0.29, 0.717) is 0 Å². The number of hydrogen-bond acceptors (Lipinski definition) is 5. The van der Waals surface area contributed by atoms with Crippen LogP contribution in [0.5, 0.6) is 0 Å². The van der Waals surface area contributed by atoms with Gasteiger partial charge in [0.2, 0.25) is 0 Å². The molecule has 2 unspecified atom stereocenters. The molecule has 0 radical (unpaired) electrons. The Bertz CT molecular complexity index is 821. The summed E-state index contributed by atoms with van der Waals surface area (Å²) in [5, 5.41) is 19.9. The third kappa shape index (κ3) is 3.64. The van der Waals surface area contributed by atoms with Gasteiger partial charge >= 0.3 is 12.1 Å². The Morgan fingerprint density at radius 2 is 1.73 bits per heavy atom. The predicted octanol–water partition coefficient (Wildman–Crippen LogP) is 2.90. The van der Waals surface area contributed by atoms with Gasteiger partial charge in [-0.25, -0.2) is 9.59 Å². The first-order valence-corrected chi connectivity index (χ1v) is 7.94. The van der Waals surface area contributed by atoms with Crippen LogP contribution in [0.1, 0.15) is 21.8 Å². The number of ether oxygens (including phenoxy) is 1. The van der Waals surface area contributed by atoms with Crippen LogP contribution in [-0.4, -0.2) is 46.2 Å². The molecule has 8 nitrogen and oxygen atoms in total. The number of esters is 1. The Hall–Kier alpha value is -3.42. The average molecular weight is 356 g/mol. The maximum absolute atomic E-state index is 12.4. The summed E-state index contributed by atoms with van der Waals surface area (Å²) in [5.41, 5.74) is 0.940. The Balaban J connectivity index is 1.78. The predicted molar refractivity (Wildman–Crippen MR) is 91.1 cm³/mol. The van der Waals surface area contributed by atoms with Gasteiger partial charge in [-0.3, -0.25) is 10.1 Å². The number of amides is 1. The lowest BCUT2D eigenvalue weighted by Crippen LogP contribution is -2.29. The molecule has 2 aromatic rings. The molecule has 1 N–H and O–H groups in total. The molecule has 1 aliphatic heterocycles. The van der Waals surface area contributed by atoms with Gasteiger partial charge in [-0.2, -0.15) is 0 Å². The van der Waals surface area contributed by atoms with Gasteiger partial charge in [0.15, 0.2) is 0 Å². The molecule has 1 fully saturated rings. The molecule has 0 saturated carbocycles. The first-order chi connectivity index (χ1) is 12.5. The van der Waals surface area contributed by atoms with Gasteiger partial charge in [0, 0.05) is 24.6 Å². The van der Waals surface area contributed by atoms with Crippen LogP contribution in [0.4, 0.5) is 10.5 Å². The highest BCUT2D eigenvalue weighted by Crippen LogP contribution is 2.30. The molecule has 0 aromatic heterocycles. The van der Waals surface area contributed by atoms with Gasteiger partial charge in [-0.05, 0) is 17.7 Å². The molecule has 8 heteroatoms. The minimum atomic E-state index is -1.07. The van der Waals surface area contributed by atoms with E-state index < -0.39 is 23.1 Å². The van der Waals surface area contributed by atoms with Crippen LogP contribution in [0.25, 0.3) is 0 Å². The van der Waals surface area contributed by atoms with Gasteiger partial charge < -0.3 is 14.7 Å². The van der Waals surface area contributed by atoms with Crippen molar-refractivity contribution in [3.63, 3.8) is 0 Å². The molecule has 2 aromatic carbocycles. The molecule has 0 spiro atoms. The highest BCUT2D eigenvalue weighted by molar-refractivity contribution is 5.89. The normalized spacial score (nSPS) is 19.2. The van der Waals surface area contributed by atoms with Crippen LogP contribution in [0.3, 0.4) is 0 Å². The van der Waals surface area contributed by atoms with E-state index in [1.54, 1.807) is 0 Å². The molecule has 1 saturated heterocycles. The SMILES string of the molecule is O=C(OC1CN(C(=O)O)CC1c1ccccc1)c1ccc([N+](=O)[O-])cc1. The van der Waals surface area contributed by atoms with Crippen molar-refractivity contribution in [3.8, 4) is 0 Å². The van der Waals surface area contributed by atoms with E-state index in [4.69, 9.17) is 4.74 Å². The summed E-state index contributed by atoms with van der Waals surface area (Å²) in [6.07, 6.45) is -1.70. The fraction of sp³-hybridized carbons (Fsp3) is 0.222. The fourth-order valence-electron chi connectivity index (χ4n) is 2.99. The molecule has 0 bridgehead atoms. The van der Waals surface area contributed by atoms with Gasteiger partial charge in [0.1, 0.15) is 6.10 Å². The lowest BCUT2D eigenvalue weighted by molar-refractivity contribution is -0.384. The molecule has 1 amide bonds. The Labute approximate surface area is 148 Å². The summed E-state index contributed by atoms with van der Waals surface area (Å²) in [4.78, 5) is 35.0. The topological polar surface area (TPSA) is 110 Å². The van der Waals surface area contributed by atoms with E-state index in [9.17, 15) is 24.8 Å². The number of carbonyl (C=O) groups is 2. The summed E-state index contributed by atoms with van der Waals surface area (Å²) >= 11 is 0. The van der Waals surface area contributed by atoms with Crippen molar-refractivity contribution in [1.29, 1.82) is 0 Å². The van der Waals surface area contributed by atoms with E-state index in [1.807, 2.05) is 30.3 Å². The summed E-state index contributed by atoms with van der Waals surface area (Å²) in [6.45, 7) is 0.311. The van der Waals surface area contributed by atoms with Gasteiger partial charge in [-0.1, -0.05) is 30.3 Å². The third-order valence-corrected chi connectivity index (χ3v) is 4.34. The van der Waals surface area contributed by atoms with Crippen LogP contribution >= 0.6 is 0 Å². The molecule has 1 aliphatic rings. The summed E-state index contributed by atoms with van der Waals surface area (Å²) in [5.74, 6) is -0.910. The standard InChI is InChI=1S/C18H16N2O6/c21-17(13-6-8-14(9-7-13)20(24)25)26-16-11-19(18(22)23)10-15(16)12-4-2-1-3-5-12/h1-9,15-16H,10-11H2,(H,22,23). The quantitative estimate of drug-likeness (QED) is 0.512. The van der Waals surface area contributed by atoms with Crippen molar-refractivity contribution in [2.45, 2.75) is 12.0 Å². The largest absolute Gasteiger partial charge is 0.465 e. The van der Waals surface area contributed by atoms with Crippen LogP contribution in [0.2, 0.25) is 0 Å². The van der Waals surface area contributed by atoms with Crippen molar-refractivity contribution in [3.05, 3.63) is 75.8 Å². The maximum atomic E-state index is 12.4. The molecule has 2 atom stereocenters. The molecule has 134 valence electrons. The van der Waals surface area contributed by atoms with Crippen molar-refractivity contribution >= 4 is 17.7 Å². The summed E-state index contributed by atoms with van der Waals surface area (Å²) in [7, 11) is 0. The number of nitro benzene ring substituents is 1. The number of nitro groups is 1. The van der Waals surface area contributed by atoms with Crippen LogP contribution in [-0.2, 0) is 4.74 Å². The molecule has 1 heterocycles. The smallest absolute Gasteiger partial charge is 0.407 e. The third-order valence-electron chi connectivity index (χ3n) is 4.34. The van der Waals surface area contributed by atoms with E-state index in [1.165, 1.54) is 29.2 Å². The Morgan fingerprint density at radius 1 is 1.08 bits per heavy atom. The molecular weight excluding hydrogens is 340 g/mol. The van der Waals surface area contributed by atoms with Crippen LogP contribution in [0, 0.1) is 10.1 Å². The Kier molecular flexibility index (Phi) is 4.83.